The normalized spacial score (nSPS) is 10.3. The van der Waals surface area contributed by atoms with Gasteiger partial charge in [0.1, 0.15) is 19.3 Å². The number of terminal acetylenes is 2. The molecular weight excluding hydrogens is 225 g/mol. The van der Waals surface area contributed by atoms with E-state index < -0.39 is 14.9 Å². The third kappa shape index (κ3) is 9.59. The molecule has 0 unspecified atom stereocenters. The molecule has 15 heavy (non-hydrogen) atoms. The lowest BCUT2D eigenvalue weighted by Gasteiger charge is -2.15. The zero-order valence-corrected chi connectivity index (χ0v) is 8.88. The van der Waals surface area contributed by atoms with E-state index in [2.05, 4.69) is 16.4 Å². The van der Waals surface area contributed by atoms with Gasteiger partial charge in [0.2, 0.25) is 0 Å². The highest BCUT2D eigenvalue weighted by molar-refractivity contribution is 7.40. The van der Waals surface area contributed by atoms with Crippen molar-refractivity contribution in [3.05, 3.63) is 0 Å². The van der Waals surface area contributed by atoms with Crippen LogP contribution >= 0.6 is 8.77 Å². The molecule has 0 amide bonds. The first-order valence-corrected chi connectivity index (χ1v) is 5.05. The van der Waals surface area contributed by atoms with Crippen molar-refractivity contribution in [2.45, 2.75) is 6.10 Å². The number of halogens is 2. The van der Waals surface area contributed by atoms with Crippen LogP contribution in [0.2, 0.25) is 0 Å². The zero-order valence-electron chi connectivity index (χ0n) is 7.99. The van der Waals surface area contributed by atoms with Gasteiger partial charge in [0.15, 0.2) is 0 Å². The van der Waals surface area contributed by atoms with E-state index >= 15 is 0 Å². The maximum Gasteiger partial charge on any atom is 0.415 e. The quantitative estimate of drug-likeness (QED) is 0.365. The second-order valence-corrected chi connectivity index (χ2v) is 2.98. The molecule has 0 aromatic heterocycles. The second-order valence-electron chi connectivity index (χ2n) is 2.37. The molecule has 0 aromatic carbocycles. The van der Waals surface area contributed by atoms with Gasteiger partial charge < -0.3 is 9.47 Å². The van der Waals surface area contributed by atoms with Crippen molar-refractivity contribution >= 4 is 8.77 Å². The molecule has 0 radical (unpaired) electrons. The van der Waals surface area contributed by atoms with Crippen molar-refractivity contribution in [3.8, 4) is 24.7 Å². The summed E-state index contributed by atoms with van der Waals surface area (Å²) in [5.74, 6) is 4.42. The summed E-state index contributed by atoms with van der Waals surface area (Å²) in [6.45, 7) is 0.0138. The zero-order chi connectivity index (χ0) is 11.5. The molecule has 6 heteroatoms. The fraction of sp³-hybridized carbons (Fsp3) is 0.556. The van der Waals surface area contributed by atoms with E-state index in [0.29, 0.717) is 0 Å². The van der Waals surface area contributed by atoms with Gasteiger partial charge in [-0.1, -0.05) is 11.8 Å². The van der Waals surface area contributed by atoms with E-state index in [4.69, 9.17) is 22.3 Å². The Labute approximate surface area is 89.2 Å². The molecule has 3 nitrogen and oxygen atoms in total. The Morgan fingerprint density at radius 2 is 1.53 bits per heavy atom. The van der Waals surface area contributed by atoms with Crippen LogP contribution in [0, 0.1) is 24.7 Å². The maximum atomic E-state index is 12.0. The number of rotatable bonds is 8. The predicted octanol–water partition coefficient (Wildman–Crippen LogP) is 1.84. The maximum absolute atomic E-state index is 12.0. The van der Waals surface area contributed by atoms with Crippen molar-refractivity contribution < 1.29 is 22.4 Å². The average molecular weight is 236 g/mol. The predicted molar refractivity (Wildman–Crippen MR) is 53.3 cm³/mol. The van der Waals surface area contributed by atoms with Crippen LogP contribution in [0.1, 0.15) is 0 Å². The van der Waals surface area contributed by atoms with E-state index in [0.717, 1.165) is 0 Å². The lowest BCUT2D eigenvalue weighted by molar-refractivity contribution is 0.00907. The highest BCUT2D eigenvalue weighted by Gasteiger charge is 2.17. The van der Waals surface area contributed by atoms with Gasteiger partial charge in [-0.2, -0.15) is 8.39 Å². The molecule has 0 aliphatic rings. The molecule has 0 N–H and O–H groups in total. The highest BCUT2D eigenvalue weighted by Crippen LogP contribution is 2.41. The van der Waals surface area contributed by atoms with E-state index in [1.54, 1.807) is 0 Å². The molecule has 84 valence electrons. The first kappa shape index (κ1) is 14.3. The standard InChI is InChI=1S/C9H11F2O3P/c1-3-5-12-7-9(14-15(10)11)8-13-6-4-2/h1-2,9H,5-8H2. The van der Waals surface area contributed by atoms with Crippen molar-refractivity contribution in [1.82, 2.24) is 0 Å². The largest absolute Gasteiger partial charge is 0.415 e. The summed E-state index contributed by atoms with van der Waals surface area (Å²) in [5.41, 5.74) is 0. The third-order valence-corrected chi connectivity index (χ3v) is 1.66. The van der Waals surface area contributed by atoms with Gasteiger partial charge in [-0.15, -0.1) is 12.8 Å². The van der Waals surface area contributed by atoms with Gasteiger partial charge in [-0.3, -0.25) is 4.52 Å². The van der Waals surface area contributed by atoms with E-state index in [1.807, 2.05) is 0 Å². The lowest BCUT2D eigenvalue weighted by Crippen LogP contribution is -2.23. The summed E-state index contributed by atoms with van der Waals surface area (Å²) in [6.07, 6.45) is 9.00. The average Bonchev–Trinajstić information content (AvgIpc) is 2.17. The summed E-state index contributed by atoms with van der Waals surface area (Å²) < 4.78 is 37.9. The van der Waals surface area contributed by atoms with Crippen LogP contribution in [0.25, 0.3) is 0 Å². The smallest absolute Gasteiger partial charge is 0.366 e. The Hall–Kier alpha value is -0.710. The number of hydrogen-bond acceptors (Lipinski definition) is 3. The summed E-state index contributed by atoms with van der Waals surface area (Å²) in [4.78, 5) is 0. The molecule has 0 aromatic rings. The molecule has 0 spiro atoms. The van der Waals surface area contributed by atoms with Crippen molar-refractivity contribution in [1.29, 1.82) is 0 Å². The number of ether oxygens (including phenoxy) is 2. The fourth-order valence-corrected chi connectivity index (χ4v) is 1.07. The molecule has 0 bridgehead atoms. The van der Waals surface area contributed by atoms with Gasteiger partial charge in [-0.25, -0.2) is 0 Å². The molecule has 0 saturated heterocycles. The monoisotopic (exact) mass is 236 g/mol. The molecule has 0 aliphatic heterocycles. The summed E-state index contributed by atoms with van der Waals surface area (Å²) in [7, 11) is -3.44. The Kier molecular flexibility index (Phi) is 9.36. The fourth-order valence-electron chi connectivity index (χ4n) is 0.720. The van der Waals surface area contributed by atoms with E-state index in [1.165, 1.54) is 0 Å². The molecular formula is C9H11F2O3P. The second kappa shape index (κ2) is 9.83. The van der Waals surface area contributed by atoms with Crippen molar-refractivity contribution in [2.24, 2.45) is 0 Å². The topological polar surface area (TPSA) is 27.7 Å². The van der Waals surface area contributed by atoms with Crippen LogP contribution in [0.15, 0.2) is 0 Å². The van der Waals surface area contributed by atoms with Crippen LogP contribution in [0.3, 0.4) is 0 Å². The Balaban J connectivity index is 3.75. The Morgan fingerprint density at radius 3 is 1.87 bits per heavy atom. The molecule has 0 atom stereocenters. The van der Waals surface area contributed by atoms with Gasteiger partial charge >= 0.3 is 8.77 Å². The first-order valence-electron chi connectivity index (χ1n) is 4.01. The van der Waals surface area contributed by atoms with Crippen molar-refractivity contribution in [2.75, 3.05) is 26.4 Å². The van der Waals surface area contributed by atoms with Crippen LogP contribution < -0.4 is 0 Å². The van der Waals surface area contributed by atoms with Crippen LogP contribution in [-0.4, -0.2) is 32.5 Å². The van der Waals surface area contributed by atoms with Crippen LogP contribution in [0.4, 0.5) is 8.39 Å². The van der Waals surface area contributed by atoms with Gasteiger partial charge in [0.05, 0.1) is 13.2 Å². The minimum absolute atomic E-state index is 0.0402. The molecule has 0 saturated carbocycles. The minimum Gasteiger partial charge on any atom is -0.366 e. The molecule has 0 aliphatic carbocycles. The SMILES string of the molecule is C#CCOCC(COCC#C)OP(F)F. The third-order valence-electron chi connectivity index (χ3n) is 1.21. The van der Waals surface area contributed by atoms with Crippen molar-refractivity contribution in [3.63, 3.8) is 0 Å². The Bertz CT molecular complexity index is 214. The highest BCUT2D eigenvalue weighted by atomic mass is 31.2. The summed E-state index contributed by atoms with van der Waals surface area (Å²) in [6, 6.07) is 0. The minimum atomic E-state index is -3.44. The van der Waals surface area contributed by atoms with E-state index in [9.17, 15) is 8.39 Å². The van der Waals surface area contributed by atoms with E-state index in [-0.39, 0.29) is 26.4 Å². The van der Waals surface area contributed by atoms with Gasteiger partial charge in [0.25, 0.3) is 0 Å². The van der Waals surface area contributed by atoms with Gasteiger partial charge in [0, 0.05) is 0 Å². The molecule has 0 rings (SSSR count). The number of hydrogen-bond donors (Lipinski definition) is 0. The first-order chi connectivity index (χ1) is 7.20. The lowest BCUT2D eigenvalue weighted by atomic mass is 10.4. The van der Waals surface area contributed by atoms with Gasteiger partial charge in [-0.05, 0) is 0 Å². The Morgan fingerprint density at radius 1 is 1.07 bits per heavy atom. The molecule has 0 fully saturated rings. The molecule has 0 heterocycles. The summed E-state index contributed by atoms with van der Waals surface area (Å²) >= 11 is 0. The summed E-state index contributed by atoms with van der Waals surface area (Å²) in [5, 5.41) is 0. The van der Waals surface area contributed by atoms with Crippen LogP contribution in [-0.2, 0) is 14.0 Å². The van der Waals surface area contributed by atoms with Crippen LogP contribution in [0.5, 0.6) is 0 Å².